The van der Waals surface area contributed by atoms with Gasteiger partial charge in [-0.05, 0) is 63.7 Å². The quantitative estimate of drug-likeness (QED) is 0.676. The summed E-state index contributed by atoms with van der Waals surface area (Å²) in [5.41, 5.74) is 0.423. The molecule has 1 heterocycles. The highest BCUT2D eigenvalue weighted by molar-refractivity contribution is 7.93. The molecule has 2 aromatic rings. The summed E-state index contributed by atoms with van der Waals surface area (Å²) in [5.74, 6) is 0.631. The number of thiazole rings is 1. The van der Waals surface area contributed by atoms with E-state index in [1.807, 2.05) is 0 Å². The highest BCUT2D eigenvalue weighted by atomic mass is 35.5. The van der Waals surface area contributed by atoms with E-state index in [0.717, 1.165) is 36.2 Å². The molecule has 0 bridgehead atoms. The van der Waals surface area contributed by atoms with Crippen molar-refractivity contribution < 1.29 is 12.8 Å². The molecule has 0 spiro atoms. The van der Waals surface area contributed by atoms with Gasteiger partial charge in [-0.25, -0.2) is 17.8 Å². The van der Waals surface area contributed by atoms with E-state index in [1.165, 1.54) is 25.1 Å². The zero-order valence-corrected chi connectivity index (χ0v) is 18.6. The molecule has 6 nitrogen and oxygen atoms in total. The Morgan fingerprint density at radius 2 is 1.97 bits per heavy atom. The van der Waals surface area contributed by atoms with Crippen LogP contribution in [0.1, 0.15) is 25.7 Å². The van der Waals surface area contributed by atoms with Gasteiger partial charge in [-0.1, -0.05) is 11.6 Å². The number of hydrogen-bond donors (Lipinski definition) is 2. The summed E-state index contributed by atoms with van der Waals surface area (Å²) >= 11 is 7.48. The van der Waals surface area contributed by atoms with Gasteiger partial charge in [-0.2, -0.15) is 0 Å². The van der Waals surface area contributed by atoms with Crippen LogP contribution in [-0.4, -0.2) is 44.5 Å². The number of aromatic nitrogens is 1. The third-order valence-corrected chi connectivity index (χ3v) is 8.59. The van der Waals surface area contributed by atoms with Gasteiger partial charge in [0.25, 0.3) is 10.0 Å². The highest BCUT2D eigenvalue weighted by Gasteiger charge is 2.42. The Morgan fingerprint density at radius 1 is 1.24 bits per heavy atom. The average molecular weight is 459 g/mol. The molecule has 0 unspecified atom stereocenters. The van der Waals surface area contributed by atoms with Gasteiger partial charge in [0, 0.05) is 23.7 Å². The van der Waals surface area contributed by atoms with Crippen LogP contribution in [0.4, 0.5) is 15.2 Å². The maximum Gasteiger partial charge on any atom is 0.266 e. The Morgan fingerprint density at radius 3 is 2.59 bits per heavy atom. The number of likely N-dealkylation sites (N-methyl/N-ethyl adjacent to an activating group) is 1. The second-order valence-corrected chi connectivity index (χ2v) is 11.0. The van der Waals surface area contributed by atoms with Crippen LogP contribution in [0, 0.1) is 17.7 Å². The molecular formula is C19H24ClFN4O2S2. The summed E-state index contributed by atoms with van der Waals surface area (Å²) in [4.78, 5) is 5.58. The molecule has 29 heavy (non-hydrogen) atoms. The molecule has 0 amide bonds. The minimum absolute atomic E-state index is 0.138. The Kier molecular flexibility index (Phi) is 5.76. The first-order valence-corrected chi connectivity index (χ1v) is 12.3. The first kappa shape index (κ1) is 20.8. The van der Waals surface area contributed by atoms with E-state index in [4.69, 9.17) is 11.6 Å². The molecule has 10 heteroatoms. The van der Waals surface area contributed by atoms with Gasteiger partial charge in [-0.15, -0.1) is 11.3 Å². The number of benzene rings is 1. The lowest BCUT2D eigenvalue weighted by Gasteiger charge is -2.50. The van der Waals surface area contributed by atoms with Crippen LogP contribution >= 0.6 is 22.9 Å². The number of sulfonamides is 1. The van der Waals surface area contributed by atoms with Gasteiger partial charge < -0.3 is 10.2 Å². The summed E-state index contributed by atoms with van der Waals surface area (Å²) in [7, 11) is -0.00285. The van der Waals surface area contributed by atoms with Crippen molar-refractivity contribution >= 4 is 43.8 Å². The second-order valence-electron chi connectivity index (χ2n) is 8.06. The number of fused-ring (bicyclic) bond motifs is 1. The van der Waals surface area contributed by atoms with Crippen molar-refractivity contribution in [3.8, 4) is 0 Å². The summed E-state index contributed by atoms with van der Waals surface area (Å²) < 4.78 is 42.1. The molecule has 2 fully saturated rings. The van der Waals surface area contributed by atoms with Crippen LogP contribution in [-0.2, 0) is 10.0 Å². The zero-order chi connectivity index (χ0) is 20.8. The Labute approximate surface area is 179 Å². The Hall–Kier alpha value is -1.42. The summed E-state index contributed by atoms with van der Waals surface area (Å²) in [6.45, 7) is 0. The lowest BCUT2D eigenvalue weighted by atomic mass is 9.62. The van der Waals surface area contributed by atoms with Crippen molar-refractivity contribution in [3.05, 3.63) is 34.5 Å². The molecule has 0 radical (unpaired) electrons. The summed E-state index contributed by atoms with van der Waals surface area (Å²) in [6.07, 6.45) is 6.12. The lowest BCUT2D eigenvalue weighted by molar-refractivity contribution is 0.0510. The van der Waals surface area contributed by atoms with E-state index < -0.39 is 20.7 Å². The van der Waals surface area contributed by atoms with Gasteiger partial charge in [-0.3, -0.25) is 4.72 Å². The fourth-order valence-electron chi connectivity index (χ4n) is 4.43. The Balaban J connectivity index is 1.57. The standard InChI is InChI=1S/C19H24ClFN4O2S2/c1-25(2)17-8-12-4-3-11(12)7-16(17)23-15-10-14(21)18(9-13(15)20)29(26,27)24-19-22-5-6-28-19/h5-6,9-12,16-17,23H,3-4,7-8H2,1-2H3,(H,22,24)/t11-,12+,16+,17+/m1/s1. The summed E-state index contributed by atoms with van der Waals surface area (Å²) in [5, 5.41) is 5.38. The molecule has 158 valence electrons. The van der Waals surface area contributed by atoms with Crippen molar-refractivity contribution in [1.82, 2.24) is 9.88 Å². The molecule has 4 atom stereocenters. The number of hydrogen-bond acceptors (Lipinski definition) is 6. The molecule has 0 aliphatic heterocycles. The number of halogens is 2. The zero-order valence-electron chi connectivity index (χ0n) is 16.2. The third kappa shape index (κ3) is 4.23. The van der Waals surface area contributed by atoms with E-state index in [0.29, 0.717) is 17.6 Å². The van der Waals surface area contributed by atoms with E-state index in [9.17, 15) is 12.8 Å². The smallest absolute Gasteiger partial charge is 0.266 e. The SMILES string of the molecule is CN(C)[C@H]1C[C@@H]2CC[C@@H]2C[C@@H]1Nc1cc(F)c(S(=O)(=O)Nc2nccs2)cc1Cl. The molecule has 4 rings (SSSR count). The van der Waals surface area contributed by atoms with Crippen LogP contribution in [0.15, 0.2) is 28.6 Å². The monoisotopic (exact) mass is 458 g/mol. The predicted molar refractivity (Wildman–Crippen MR) is 115 cm³/mol. The van der Waals surface area contributed by atoms with E-state index in [-0.39, 0.29) is 16.2 Å². The number of nitrogens with one attached hydrogen (secondary N) is 2. The molecular weight excluding hydrogens is 435 g/mol. The van der Waals surface area contributed by atoms with Crippen LogP contribution in [0.5, 0.6) is 0 Å². The van der Waals surface area contributed by atoms with Crippen molar-refractivity contribution in [1.29, 1.82) is 0 Å². The van der Waals surface area contributed by atoms with E-state index >= 15 is 0 Å². The maximum absolute atomic E-state index is 14.8. The fraction of sp³-hybridized carbons (Fsp3) is 0.526. The summed E-state index contributed by atoms with van der Waals surface area (Å²) in [6, 6.07) is 2.80. The molecule has 0 saturated heterocycles. The topological polar surface area (TPSA) is 74.3 Å². The highest BCUT2D eigenvalue weighted by Crippen LogP contribution is 2.46. The maximum atomic E-state index is 14.8. The van der Waals surface area contributed by atoms with Crippen LogP contribution in [0.3, 0.4) is 0 Å². The van der Waals surface area contributed by atoms with Gasteiger partial charge in [0.05, 0.1) is 10.7 Å². The van der Waals surface area contributed by atoms with Gasteiger partial charge in [0.1, 0.15) is 10.7 Å². The molecule has 2 aliphatic rings. The van der Waals surface area contributed by atoms with Gasteiger partial charge in [0.15, 0.2) is 5.13 Å². The molecule has 2 N–H and O–H groups in total. The predicted octanol–water partition coefficient (Wildman–Crippen LogP) is 4.27. The number of nitrogens with zero attached hydrogens (tertiary/aromatic N) is 2. The molecule has 2 aliphatic carbocycles. The third-order valence-electron chi connectivity index (χ3n) is 6.11. The normalized spacial score (nSPS) is 26.7. The van der Waals surface area contributed by atoms with Crippen molar-refractivity contribution in [2.24, 2.45) is 11.8 Å². The van der Waals surface area contributed by atoms with Crippen LogP contribution in [0.2, 0.25) is 5.02 Å². The van der Waals surface area contributed by atoms with E-state index in [2.05, 4.69) is 34.0 Å². The molecule has 1 aromatic heterocycles. The fourth-order valence-corrected chi connectivity index (χ4v) is 6.59. The largest absolute Gasteiger partial charge is 0.379 e. The van der Waals surface area contributed by atoms with Crippen LogP contribution < -0.4 is 10.0 Å². The average Bonchev–Trinajstić information content (AvgIpc) is 3.12. The van der Waals surface area contributed by atoms with Gasteiger partial charge in [0.2, 0.25) is 0 Å². The minimum atomic E-state index is -4.11. The molecule has 1 aromatic carbocycles. The van der Waals surface area contributed by atoms with Gasteiger partial charge >= 0.3 is 0 Å². The number of anilines is 2. The minimum Gasteiger partial charge on any atom is -0.379 e. The lowest BCUT2D eigenvalue weighted by Crippen LogP contribution is -2.52. The van der Waals surface area contributed by atoms with Crippen molar-refractivity contribution in [2.45, 2.75) is 42.7 Å². The van der Waals surface area contributed by atoms with Crippen LogP contribution in [0.25, 0.3) is 0 Å². The number of rotatable bonds is 6. The molecule has 2 saturated carbocycles. The van der Waals surface area contributed by atoms with Crippen molar-refractivity contribution in [2.75, 3.05) is 24.1 Å². The second kappa shape index (κ2) is 8.02. The van der Waals surface area contributed by atoms with E-state index in [1.54, 1.807) is 5.38 Å². The Bertz CT molecular complexity index is 984. The first-order chi connectivity index (χ1) is 13.7. The first-order valence-electron chi connectivity index (χ1n) is 9.59. The van der Waals surface area contributed by atoms with Crippen molar-refractivity contribution in [3.63, 3.8) is 0 Å².